The van der Waals surface area contributed by atoms with Gasteiger partial charge in [0, 0.05) is 30.3 Å². The molecule has 0 fully saturated rings. The number of alkyl halides is 5. The van der Waals surface area contributed by atoms with Crippen molar-refractivity contribution in [3.05, 3.63) is 52.6 Å². The fourth-order valence-corrected chi connectivity index (χ4v) is 5.19. The average Bonchev–Trinajstić information content (AvgIpc) is 2.89. The zero-order chi connectivity index (χ0) is 22.9. The molecule has 2 aromatic carbocycles. The lowest BCUT2D eigenvalue weighted by Crippen LogP contribution is -2.28. The Morgan fingerprint density at radius 3 is 2.45 bits per heavy atom. The van der Waals surface area contributed by atoms with E-state index in [1.165, 1.54) is 4.90 Å². The van der Waals surface area contributed by atoms with E-state index in [0.717, 1.165) is 12.1 Å². The van der Waals surface area contributed by atoms with E-state index < -0.39 is 61.4 Å². The molecule has 12 heteroatoms. The quantitative estimate of drug-likeness (QED) is 0.655. The lowest BCUT2D eigenvalue weighted by molar-refractivity contribution is -0.0977. The molecule has 1 aliphatic carbocycles. The SMILES string of the molecule is O=S(=O)(c1ccc(N2CCCc3cc(F)cc(F)c32)c2c1C(O)C(F)(F)C2)C(F)(F)F. The smallest absolute Gasteiger partial charge is 0.382 e. The van der Waals surface area contributed by atoms with E-state index in [0.29, 0.717) is 18.6 Å². The van der Waals surface area contributed by atoms with Crippen molar-refractivity contribution < 1.29 is 44.3 Å². The molecule has 0 saturated heterocycles. The van der Waals surface area contributed by atoms with Crippen LogP contribution in [0.25, 0.3) is 0 Å². The molecule has 0 spiro atoms. The van der Waals surface area contributed by atoms with E-state index in [9.17, 15) is 44.3 Å². The third-order valence-corrected chi connectivity index (χ3v) is 7.01. The van der Waals surface area contributed by atoms with Gasteiger partial charge >= 0.3 is 5.51 Å². The molecule has 0 aromatic heterocycles. The van der Waals surface area contributed by atoms with Gasteiger partial charge in [0.2, 0.25) is 0 Å². The number of sulfone groups is 1. The number of anilines is 2. The predicted octanol–water partition coefficient (Wildman–Crippen LogP) is 4.57. The lowest BCUT2D eigenvalue weighted by Gasteiger charge is -2.33. The van der Waals surface area contributed by atoms with Crippen LogP contribution in [0.15, 0.2) is 29.2 Å². The Morgan fingerprint density at radius 1 is 1.13 bits per heavy atom. The third-order valence-electron chi connectivity index (χ3n) is 5.47. The highest BCUT2D eigenvalue weighted by molar-refractivity contribution is 7.92. The van der Waals surface area contributed by atoms with Gasteiger partial charge in [0.05, 0.1) is 10.6 Å². The summed E-state index contributed by atoms with van der Waals surface area (Å²) in [5, 5.41) is 10.0. The van der Waals surface area contributed by atoms with E-state index in [-0.39, 0.29) is 29.9 Å². The highest BCUT2D eigenvalue weighted by Crippen LogP contribution is 2.52. The van der Waals surface area contributed by atoms with Crippen LogP contribution in [0.4, 0.5) is 42.1 Å². The molecule has 1 N–H and O–H groups in total. The van der Waals surface area contributed by atoms with E-state index in [4.69, 9.17) is 0 Å². The summed E-state index contributed by atoms with van der Waals surface area (Å²) in [4.78, 5) is -0.273. The normalized spacial score (nSPS) is 20.5. The van der Waals surface area contributed by atoms with Crippen LogP contribution in [0.3, 0.4) is 0 Å². The van der Waals surface area contributed by atoms with Crippen LogP contribution in [-0.2, 0) is 22.7 Å². The maximum absolute atomic E-state index is 14.5. The first-order chi connectivity index (χ1) is 14.3. The predicted molar refractivity (Wildman–Crippen MR) is 95.0 cm³/mol. The summed E-state index contributed by atoms with van der Waals surface area (Å²) in [5.74, 6) is -5.79. The number of hydrogen-bond donors (Lipinski definition) is 1. The second-order valence-electron chi connectivity index (χ2n) is 7.42. The highest BCUT2D eigenvalue weighted by atomic mass is 32.2. The molecule has 4 rings (SSSR count). The number of halogens is 7. The minimum Gasteiger partial charge on any atom is -0.382 e. The van der Waals surface area contributed by atoms with Gasteiger partial charge < -0.3 is 10.0 Å². The number of nitrogens with zero attached hydrogens (tertiary/aromatic N) is 1. The summed E-state index contributed by atoms with van der Waals surface area (Å²) in [7, 11) is -6.04. The van der Waals surface area contributed by atoms with E-state index >= 15 is 0 Å². The standard InChI is InChI=1S/C19H14F7NO3S/c20-10-6-9-2-1-5-27(16(9)12(21)7-10)13-3-4-14(31(29,30)19(24,25)26)15-11(13)8-18(22,23)17(15)28/h3-4,6-7,17,28H,1-2,5,8H2. The van der Waals surface area contributed by atoms with Gasteiger partial charge in [0.25, 0.3) is 15.8 Å². The molecule has 1 heterocycles. The van der Waals surface area contributed by atoms with Gasteiger partial charge in [0.15, 0.2) is 0 Å². The monoisotopic (exact) mass is 469 g/mol. The Morgan fingerprint density at radius 2 is 1.81 bits per heavy atom. The molecule has 31 heavy (non-hydrogen) atoms. The molecule has 2 aliphatic rings. The Bertz CT molecular complexity index is 1180. The second kappa shape index (κ2) is 6.83. The van der Waals surface area contributed by atoms with Gasteiger partial charge in [0.1, 0.15) is 17.7 Å². The molecule has 0 radical (unpaired) electrons. The zero-order valence-electron chi connectivity index (χ0n) is 15.5. The summed E-state index contributed by atoms with van der Waals surface area (Å²) >= 11 is 0. The Labute approximate surface area is 171 Å². The molecule has 168 valence electrons. The summed E-state index contributed by atoms with van der Waals surface area (Å²) in [6, 6.07) is 3.01. The molecular weight excluding hydrogens is 455 g/mol. The number of rotatable bonds is 2. The van der Waals surface area contributed by atoms with Gasteiger partial charge in [-0.15, -0.1) is 0 Å². The van der Waals surface area contributed by atoms with Crippen LogP contribution in [0.2, 0.25) is 0 Å². The van der Waals surface area contributed by atoms with Crippen molar-refractivity contribution >= 4 is 21.2 Å². The molecule has 1 aliphatic heterocycles. The second-order valence-corrected chi connectivity index (χ2v) is 9.32. The first-order valence-corrected chi connectivity index (χ1v) is 10.5. The van der Waals surface area contributed by atoms with E-state index in [1.54, 1.807) is 0 Å². The van der Waals surface area contributed by atoms with Crippen molar-refractivity contribution in [2.45, 2.75) is 41.7 Å². The van der Waals surface area contributed by atoms with Gasteiger partial charge in [-0.1, -0.05) is 0 Å². The fourth-order valence-electron chi connectivity index (χ4n) is 4.17. The van der Waals surface area contributed by atoms with Crippen LogP contribution >= 0.6 is 0 Å². The minimum absolute atomic E-state index is 0.0645. The van der Waals surface area contributed by atoms with Crippen molar-refractivity contribution in [2.24, 2.45) is 0 Å². The lowest BCUT2D eigenvalue weighted by atomic mass is 9.98. The molecule has 4 nitrogen and oxygen atoms in total. The number of aryl methyl sites for hydroxylation is 1. The van der Waals surface area contributed by atoms with Crippen LogP contribution in [0.1, 0.15) is 29.2 Å². The van der Waals surface area contributed by atoms with Crippen LogP contribution in [0.5, 0.6) is 0 Å². The van der Waals surface area contributed by atoms with Crippen LogP contribution in [0, 0.1) is 11.6 Å². The van der Waals surface area contributed by atoms with Gasteiger partial charge in [-0.25, -0.2) is 26.0 Å². The molecule has 0 amide bonds. The molecule has 2 aromatic rings. The number of hydrogen-bond acceptors (Lipinski definition) is 4. The number of aliphatic hydroxyl groups is 1. The largest absolute Gasteiger partial charge is 0.501 e. The summed E-state index contributed by atoms with van der Waals surface area (Å²) in [5.41, 5.74) is -7.44. The molecule has 0 bridgehead atoms. The maximum Gasteiger partial charge on any atom is 0.501 e. The van der Waals surface area contributed by atoms with E-state index in [2.05, 4.69) is 0 Å². The molecule has 1 atom stereocenters. The minimum atomic E-state index is -6.04. The van der Waals surface area contributed by atoms with Crippen LogP contribution < -0.4 is 4.90 Å². The maximum atomic E-state index is 14.5. The number of benzene rings is 2. The van der Waals surface area contributed by atoms with Crippen molar-refractivity contribution in [2.75, 3.05) is 11.4 Å². The highest BCUT2D eigenvalue weighted by Gasteiger charge is 2.55. The first-order valence-electron chi connectivity index (χ1n) is 9.04. The number of aliphatic hydroxyl groups excluding tert-OH is 1. The Kier molecular flexibility index (Phi) is 4.82. The third kappa shape index (κ3) is 3.27. The fraction of sp³-hybridized carbons (Fsp3) is 0.368. The summed E-state index contributed by atoms with van der Waals surface area (Å²) < 4.78 is 120. The topological polar surface area (TPSA) is 57.6 Å². The molecular formula is C19H14F7NO3S. The molecule has 1 unspecified atom stereocenters. The average molecular weight is 469 g/mol. The Hall–Kier alpha value is -2.34. The van der Waals surface area contributed by atoms with Gasteiger partial charge in [-0.05, 0) is 42.2 Å². The van der Waals surface area contributed by atoms with Crippen LogP contribution in [-0.4, -0.2) is 31.5 Å². The first kappa shape index (κ1) is 21.9. The van der Waals surface area contributed by atoms with Crippen molar-refractivity contribution in [1.29, 1.82) is 0 Å². The Balaban J connectivity index is 1.97. The zero-order valence-corrected chi connectivity index (χ0v) is 16.3. The summed E-state index contributed by atoms with van der Waals surface area (Å²) in [6.45, 7) is 0.0645. The van der Waals surface area contributed by atoms with Crippen molar-refractivity contribution in [3.63, 3.8) is 0 Å². The number of fused-ring (bicyclic) bond motifs is 2. The van der Waals surface area contributed by atoms with Crippen molar-refractivity contribution in [3.8, 4) is 0 Å². The van der Waals surface area contributed by atoms with Gasteiger partial charge in [-0.2, -0.15) is 13.2 Å². The van der Waals surface area contributed by atoms with Crippen molar-refractivity contribution in [1.82, 2.24) is 0 Å². The summed E-state index contributed by atoms with van der Waals surface area (Å²) in [6.07, 6.45) is -3.40. The van der Waals surface area contributed by atoms with E-state index in [1.807, 2.05) is 0 Å². The molecule has 0 saturated carbocycles. The van der Waals surface area contributed by atoms with Gasteiger partial charge in [-0.3, -0.25) is 0 Å².